The van der Waals surface area contributed by atoms with Gasteiger partial charge in [0, 0.05) is 12.5 Å². The number of aromatic nitrogens is 2. The molecule has 0 saturated carbocycles. The Morgan fingerprint density at radius 1 is 1.44 bits per heavy atom. The lowest BCUT2D eigenvalue weighted by Gasteiger charge is -2.06. The molecule has 18 heavy (non-hydrogen) atoms. The number of aryl methyl sites for hydroxylation is 1. The van der Waals surface area contributed by atoms with E-state index in [2.05, 4.69) is 9.97 Å². The normalized spacial score (nSPS) is 10.6. The van der Waals surface area contributed by atoms with Gasteiger partial charge < -0.3 is 4.98 Å². The van der Waals surface area contributed by atoms with Gasteiger partial charge >= 0.3 is 0 Å². The van der Waals surface area contributed by atoms with Crippen LogP contribution in [0.1, 0.15) is 19.2 Å². The van der Waals surface area contributed by atoms with E-state index in [1.165, 1.54) is 18.2 Å². The fourth-order valence-corrected chi connectivity index (χ4v) is 1.99. The average Bonchev–Trinajstić information content (AvgIpc) is 2.28. The van der Waals surface area contributed by atoms with E-state index < -0.39 is 5.82 Å². The number of nitrogens with zero attached hydrogens (tertiary/aromatic N) is 1. The molecule has 0 bridgehead atoms. The number of hydrogen-bond acceptors (Lipinski definition) is 2. The molecule has 2 aromatic rings. The number of benzene rings is 1. The van der Waals surface area contributed by atoms with E-state index in [-0.39, 0.29) is 21.8 Å². The minimum absolute atomic E-state index is 0.169. The number of H-pyrrole nitrogens is 1. The zero-order chi connectivity index (χ0) is 13.1. The molecule has 0 aliphatic heterocycles. The Labute approximate surface area is 109 Å². The van der Waals surface area contributed by atoms with Crippen LogP contribution in [0.25, 0.3) is 11.3 Å². The molecule has 2 rings (SSSR count). The van der Waals surface area contributed by atoms with Crippen LogP contribution in [0.4, 0.5) is 4.39 Å². The Hall–Kier alpha value is -1.68. The second kappa shape index (κ2) is 5.31. The highest BCUT2D eigenvalue weighted by Gasteiger charge is 2.12. The Morgan fingerprint density at radius 2 is 2.22 bits per heavy atom. The fraction of sp³-hybridized carbons (Fsp3) is 0.231. The van der Waals surface area contributed by atoms with Gasteiger partial charge in [-0.3, -0.25) is 4.79 Å². The van der Waals surface area contributed by atoms with Crippen molar-refractivity contribution in [3.8, 4) is 11.3 Å². The first kappa shape index (κ1) is 12.8. The van der Waals surface area contributed by atoms with Crippen molar-refractivity contribution >= 4 is 11.6 Å². The Kier molecular flexibility index (Phi) is 3.77. The Bertz CT molecular complexity index is 604. The van der Waals surface area contributed by atoms with Crippen LogP contribution < -0.4 is 5.56 Å². The maximum atomic E-state index is 13.7. The summed E-state index contributed by atoms with van der Waals surface area (Å²) < 4.78 is 13.7. The monoisotopic (exact) mass is 266 g/mol. The molecule has 0 atom stereocenters. The molecule has 0 fully saturated rings. The smallest absolute Gasteiger partial charge is 0.251 e. The number of nitrogens with one attached hydrogen (secondary N) is 1. The van der Waals surface area contributed by atoms with Crippen molar-refractivity contribution in [1.82, 2.24) is 9.97 Å². The van der Waals surface area contributed by atoms with Gasteiger partial charge in [-0.15, -0.1) is 0 Å². The first-order chi connectivity index (χ1) is 8.61. The molecular weight excluding hydrogens is 255 g/mol. The van der Waals surface area contributed by atoms with E-state index in [1.54, 1.807) is 6.07 Å². The van der Waals surface area contributed by atoms with Crippen molar-refractivity contribution in [3.63, 3.8) is 0 Å². The molecule has 0 spiro atoms. The Balaban J connectivity index is 2.60. The van der Waals surface area contributed by atoms with Gasteiger partial charge in [0.2, 0.25) is 0 Å². The molecule has 0 saturated heterocycles. The second-order valence-corrected chi connectivity index (χ2v) is 4.33. The quantitative estimate of drug-likeness (QED) is 0.927. The number of rotatable bonds is 3. The average molecular weight is 267 g/mol. The maximum Gasteiger partial charge on any atom is 0.251 e. The predicted octanol–water partition coefficient (Wildman–Crippen LogP) is 3.18. The zero-order valence-corrected chi connectivity index (χ0v) is 10.6. The summed E-state index contributed by atoms with van der Waals surface area (Å²) in [4.78, 5) is 18.4. The molecular formula is C13H12ClFN2O. The third-order valence-electron chi connectivity index (χ3n) is 2.50. The van der Waals surface area contributed by atoms with Crippen LogP contribution in [-0.4, -0.2) is 9.97 Å². The Morgan fingerprint density at radius 3 is 2.89 bits per heavy atom. The van der Waals surface area contributed by atoms with Crippen LogP contribution >= 0.6 is 11.6 Å². The van der Waals surface area contributed by atoms with Crippen LogP contribution in [0.5, 0.6) is 0 Å². The molecule has 1 N–H and O–H groups in total. The minimum atomic E-state index is -0.483. The summed E-state index contributed by atoms with van der Waals surface area (Å²) in [5.41, 5.74) is 0.135. The van der Waals surface area contributed by atoms with Gasteiger partial charge in [0.05, 0.1) is 16.3 Å². The first-order valence-corrected chi connectivity index (χ1v) is 6.04. The molecule has 0 radical (unpaired) electrons. The summed E-state index contributed by atoms with van der Waals surface area (Å²) in [6.45, 7) is 1.97. The van der Waals surface area contributed by atoms with E-state index in [0.29, 0.717) is 12.2 Å². The summed E-state index contributed by atoms with van der Waals surface area (Å²) in [7, 11) is 0. The van der Waals surface area contributed by atoms with Gasteiger partial charge in [-0.2, -0.15) is 0 Å². The zero-order valence-electron chi connectivity index (χ0n) is 9.84. The van der Waals surface area contributed by atoms with Gasteiger partial charge in [0.25, 0.3) is 5.56 Å². The minimum Gasteiger partial charge on any atom is -0.311 e. The number of aromatic amines is 1. The lowest BCUT2D eigenvalue weighted by Crippen LogP contribution is -2.11. The third-order valence-corrected chi connectivity index (χ3v) is 2.81. The third kappa shape index (κ3) is 2.59. The van der Waals surface area contributed by atoms with Gasteiger partial charge in [0.1, 0.15) is 11.6 Å². The summed E-state index contributed by atoms with van der Waals surface area (Å²) in [5.74, 6) is 0.0577. The summed E-state index contributed by atoms with van der Waals surface area (Å²) >= 11 is 5.95. The van der Waals surface area contributed by atoms with Crippen molar-refractivity contribution in [3.05, 3.63) is 51.3 Å². The summed E-state index contributed by atoms with van der Waals surface area (Å²) in [6, 6.07) is 5.64. The van der Waals surface area contributed by atoms with E-state index >= 15 is 0 Å². The van der Waals surface area contributed by atoms with Gasteiger partial charge in [0.15, 0.2) is 0 Å². The highest BCUT2D eigenvalue weighted by molar-refractivity contribution is 6.33. The highest BCUT2D eigenvalue weighted by Crippen LogP contribution is 2.28. The molecule has 0 unspecified atom stereocenters. The molecule has 0 aliphatic carbocycles. The van der Waals surface area contributed by atoms with Crippen molar-refractivity contribution in [2.24, 2.45) is 0 Å². The number of hydrogen-bond donors (Lipinski definition) is 1. The molecule has 1 aromatic carbocycles. The fourth-order valence-electron chi connectivity index (χ4n) is 1.73. The van der Waals surface area contributed by atoms with Gasteiger partial charge in [-0.25, -0.2) is 9.37 Å². The molecule has 1 aromatic heterocycles. The molecule has 0 amide bonds. The first-order valence-electron chi connectivity index (χ1n) is 5.66. The lowest BCUT2D eigenvalue weighted by molar-refractivity contribution is 0.630. The number of halogens is 2. The summed E-state index contributed by atoms with van der Waals surface area (Å²) in [5, 5.41) is 0.246. The lowest BCUT2D eigenvalue weighted by atomic mass is 10.1. The van der Waals surface area contributed by atoms with E-state index in [1.807, 2.05) is 6.92 Å². The molecule has 3 nitrogen and oxygen atoms in total. The van der Waals surface area contributed by atoms with Gasteiger partial charge in [-0.05, 0) is 18.6 Å². The highest BCUT2D eigenvalue weighted by atomic mass is 35.5. The van der Waals surface area contributed by atoms with Crippen LogP contribution in [0, 0.1) is 5.82 Å². The standard InChI is InChI=1S/C13H12ClFN2O/c1-2-4-11-16-10(7-12(18)17-11)13-8(14)5-3-6-9(13)15/h3,5-7H,2,4H2,1H3,(H,16,17,18). The van der Waals surface area contributed by atoms with Gasteiger partial charge in [-0.1, -0.05) is 24.6 Å². The molecule has 5 heteroatoms. The van der Waals surface area contributed by atoms with Crippen molar-refractivity contribution in [2.45, 2.75) is 19.8 Å². The van der Waals surface area contributed by atoms with Crippen molar-refractivity contribution in [1.29, 1.82) is 0 Å². The van der Waals surface area contributed by atoms with E-state index in [4.69, 9.17) is 11.6 Å². The molecule has 0 aliphatic rings. The van der Waals surface area contributed by atoms with E-state index in [9.17, 15) is 9.18 Å². The second-order valence-electron chi connectivity index (χ2n) is 3.92. The van der Waals surface area contributed by atoms with Crippen LogP contribution in [-0.2, 0) is 6.42 Å². The van der Waals surface area contributed by atoms with Crippen LogP contribution in [0.2, 0.25) is 5.02 Å². The molecule has 94 valence electrons. The van der Waals surface area contributed by atoms with Crippen LogP contribution in [0.15, 0.2) is 29.1 Å². The molecule has 1 heterocycles. The van der Waals surface area contributed by atoms with Crippen LogP contribution in [0.3, 0.4) is 0 Å². The SMILES string of the molecule is CCCc1nc(-c2c(F)cccc2Cl)cc(=O)[nH]1. The van der Waals surface area contributed by atoms with E-state index in [0.717, 1.165) is 6.42 Å². The maximum absolute atomic E-state index is 13.7. The van der Waals surface area contributed by atoms with Crippen molar-refractivity contribution < 1.29 is 4.39 Å². The van der Waals surface area contributed by atoms with Crippen molar-refractivity contribution in [2.75, 3.05) is 0 Å². The largest absolute Gasteiger partial charge is 0.311 e. The summed E-state index contributed by atoms with van der Waals surface area (Å²) in [6.07, 6.45) is 1.48. The topological polar surface area (TPSA) is 45.8 Å². The predicted molar refractivity (Wildman–Crippen MR) is 69.3 cm³/mol.